The quantitative estimate of drug-likeness (QED) is 0.553. The first-order valence-electron chi connectivity index (χ1n) is 11.7. The molecule has 4 rings (SSSR count). The maximum absolute atomic E-state index is 12.7. The van der Waals surface area contributed by atoms with Crippen molar-refractivity contribution in [1.29, 1.82) is 0 Å². The van der Waals surface area contributed by atoms with E-state index < -0.39 is 22.7 Å². The first kappa shape index (κ1) is 24.7. The molecule has 1 fully saturated rings. The van der Waals surface area contributed by atoms with Crippen molar-refractivity contribution in [3.8, 4) is 11.5 Å². The lowest BCUT2D eigenvalue weighted by Gasteiger charge is -2.56. The van der Waals surface area contributed by atoms with E-state index in [1.807, 2.05) is 52.0 Å². The Labute approximate surface area is 205 Å². The van der Waals surface area contributed by atoms with E-state index in [1.54, 1.807) is 23.4 Å². The number of nitrogens with two attached hydrogens (primary N) is 1. The number of likely N-dealkylation sites (tertiary alicyclic amines) is 1. The Morgan fingerprint density at radius 2 is 1.83 bits per heavy atom. The van der Waals surface area contributed by atoms with Crippen LogP contribution in [0.1, 0.15) is 64.2 Å². The van der Waals surface area contributed by atoms with Crippen LogP contribution in [-0.2, 0) is 10.3 Å². The van der Waals surface area contributed by atoms with E-state index in [-0.39, 0.29) is 11.8 Å². The van der Waals surface area contributed by atoms with Gasteiger partial charge in [0, 0.05) is 36.5 Å². The van der Waals surface area contributed by atoms with E-state index in [9.17, 15) is 9.90 Å². The third-order valence-corrected chi connectivity index (χ3v) is 6.44. The largest absolute Gasteiger partial charge is 0.444 e. The van der Waals surface area contributed by atoms with Gasteiger partial charge < -0.3 is 25.0 Å². The highest BCUT2D eigenvalue weighted by Gasteiger charge is 2.58. The molecule has 3 aromatic rings. The topological polar surface area (TPSA) is 128 Å². The van der Waals surface area contributed by atoms with Gasteiger partial charge in [-0.1, -0.05) is 45.0 Å². The van der Waals surface area contributed by atoms with Gasteiger partial charge in [-0.3, -0.25) is 4.98 Å². The lowest BCUT2D eigenvalue weighted by Crippen LogP contribution is -2.66. The number of hydrogen-bond donors (Lipinski definition) is 2. The molecule has 35 heavy (non-hydrogen) atoms. The molecule has 1 saturated heterocycles. The molecule has 1 aromatic carbocycles. The Balaban J connectivity index is 1.75. The van der Waals surface area contributed by atoms with Crippen molar-refractivity contribution in [2.24, 2.45) is 5.41 Å². The van der Waals surface area contributed by atoms with Gasteiger partial charge in [-0.05, 0) is 49.0 Å². The molecule has 186 valence electrons. The summed E-state index contributed by atoms with van der Waals surface area (Å²) in [5, 5.41) is 16.1. The molecule has 0 bridgehead atoms. The average molecular weight is 480 g/mol. The molecule has 9 nitrogen and oxygen atoms in total. The highest BCUT2D eigenvalue weighted by molar-refractivity contribution is 5.70. The van der Waals surface area contributed by atoms with Gasteiger partial charge >= 0.3 is 6.09 Å². The van der Waals surface area contributed by atoms with Gasteiger partial charge in [0.15, 0.2) is 0 Å². The van der Waals surface area contributed by atoms with E-state index in [1.165, 1.54) is 5.56 Å². The lowest BCUT2D eigenvalue weighted by molar-refractivity contribution is -0.131. The average Bonchev–Trinajstić information content (AvgIpc) is 3.21. The maximum atomic E-state index is 12.7. The number of benzene rings is 1. The third-order valence-electron chi connectivity index (χ3n) is 6.44. The van der Waals surface area contributed by atoms with E-state index in [2.05, 4.69) is 29.0 Å². The summed E-state index contributed by atoms with van der Waals surface area (Å²) in [7, 11) is 0. The molecule has 0 saturated carbocycles. The Morgan fingerprint density at radius 1 is 1.17 bits per heavy atom. The predicted molar refractivity (Wildman–Crippen MR) is 131 cm³/mol. The molecule has 2 aromatic heterocycles. The van der Waals surface area contributed by atoms with Gasteiger partial charge in [0.25, 0.3) is 11.8 Å². The Kier molecular flexibility index (Phi) is 6.09. The Bertz CT molecular complexity index is 1210. The van der Waals surface area contributed by atoms with E-state index in [0.29, 0.717) is 35.7 Å². The minimum absolute atomic E-state index is 0.0175. The van der Waals surface area contributed by atoms with Crippen LogP contribution in [0.3, 0.4) is 0 Å². The molecular weight excluding hydrogens is 446 g/mol. The minimum Gasteiger partial charge on any atom is -0.444 e. The van der Waals surface area contributed by atoms with Crippen LogP contribution in [-0.4, -0.2) is 49.9 Å². The van der Waals surface area contributed by atoms with Crippen molar-refractivity contribution >= 4 is 12.0 Å². The second kappa shape index (κ2) is 8.64. The van der Waals surface area contributed by atoms with Crippen LogP contribution >= 0.6 is 0 Å². The number of nitrogens with zero attached hydrogens (tertiary/aromatic N) is 4. The van der Waals surface area contributed by atoms with Crippen molar-refractivity contribution in [2.45, 2.75) is 58.7 Å². The zero-order valence-corrected chi connectivity index (χ0v) is 21.1. The summed E-state index contributed by atoms with van der Waals surface area (Å²) in [4.78, 5) is 22.7. The highest BCUT2D eigenvalue weighted by atomic mass is 16.6. The van der Waals surface area contributed by atoms with Crippen LogP contribution in [0.5, 0.6) is 0 Å². The second-order valence-electron chi connectivity index (χ2n) is 10.8. The van der Waals surface area contributed by atoms with E-state index in [4.69, 9.17) is 15.0 Å². The summed E-state index contributed by atoms with van der Waals surface area (Å²) < 4.78 is 10.7. The minimum atomic E-state index is -1.46. The number of aliphatic hydroxyl groups is 1. The zero-order valence-electron chi connectivity index (χ0n) is 21.1. The van der Waals surface area contributed by atoms with Gasteiger partial charge in [-0.25, -0.2) is 4.79 Å². The highest BCUT2D eigenvalue weighted by Crippen LogP contribution is 2.51. The molecule has 9 heteroatoms. The zero-order chi connectivity index (χ0) is 25.6. The number of nitrogen functional groups attached to an aromatic ring is 1. The molecule has 0 radical (unpaired) electrons. The van der Waals surface area contributed by atoms with E-state index in [0.717, 1.165) is 0 Å². The lowest BCUT2D eigenvalue weighted by atomic mass is 9.62. The molecule has 1 atom stereocenters. The summed E-state index contributed by atoms with van der Waals surface area (Å²) in [6.45, 7) is 12.3. The molecule has 0 aliphatic carbocycles. The van der Waals surface area contributed by atoms with Crippen LogP contribution in [0.15, 0.2) is 47.2 Å². The predicted octanol–water partition coefficient (Wildman–Crippen LogP) is 4.33. The number of pyridine rings is 1. The van der Waals surface area contributed by atoms with Crippen LogP contribution in [0.2, 0.25) is 0 Å². The number of carbonyl (C=O) groups is 1. The van der Waals surface area contributed by atoms with Crippen molar-refractivity contribution in [3.63, 3.8) is 0 Å². The Morgan fingerprint density at radius 3 is 2.37 bits per heavy atom. The summed E-state index contributed by atoms with van der Waals surface area (Å²) in [6, 6.07) is 9.70. The van der Waals surface area contributed by atoms with Crippen molar-refractivity contribution in [3.05, 3.63) is 59.4 Å². The number of rotatable bonds is 5. The Hall–Kier alpha value is -3.46. The first-order chi connectivity index (χ1) is 16.3. The molecule has 0 unspecified atom stereocenters. The SMILES string of the molecule is CC(C)c1ccc([C@](O)(c2cncc(-c3nc(N)no3)c2)C2(C)CN(C(=O)OC(C)(C)C)C2)cc1. The van der Waals surface area contributed by atoms with Gasteiger partial charge in [0.1, 0.15) is 11.2 Å². The summed E-state index contributed by atoms with van der Waals surface area (Å²) >= 11 is 0. The standard InChI is InChI=1S/C26H33N5O4/c1-16(2)17-7-9-19(10-8-17)26(33,25(6)14-31(15-25)23(32)34-24(3,4)5)20-11-18(12-28-13-20)21-29-22(27)30-35-21/h7-13,16,33H,14-15H2,1-6H3,(H2,27,30)/t26-/m0/s1. The summed E-state index contributed by atoms with van der Waals surface area (Å²) in [5.41, 5.74) is 5.81. The summed E-state index contributed by atoms with van der Waals surface area (Å²) in [6.07, 6.45) is 2.80. The summed E-state index contributed by atoms with van der Waals surface area (Å²) in [5.74, 6) is 0.583. The van der Waals surface area contributed by atoms with Gasteiger partial charge in [-0.2, -0.15) is 4.98 Å². The van der Waals surface area contributed by atoms with Gasteiger partial charge in [0.2, 0.25) is 0 Å². The molecule has 1 aliphatic heterocycles. The normalized spacial score (nSPS) is 17.1. The van der Waals surface area contributed by atoms with Crippen molar-refractivity contribution in [2.75, 3.05) is 18.8 Å². The molecule has 1 aliphatic rings. The fourth-order valence-corrected chi connectivity index (χ4v) is 4.56. The fourth-order valence-electron chi connectivity index (χ4n) is 4.56. The van der Waals surface area contributed by atoms with Crippen molar-refractivity contribution in [1.82, 2.24) is 20.0 Å². The monoisotopic (exact) mass is 479 g/mol. The second-order valence-corrected chi connectivity index (χ2v) is 10.8. The first-order valence-corrected chi connectivity index (χ1v) is 11.7. The molecule has 3 heterocycles. The van der Waals surface area contributed by atoms with Crippen LogP contribution < -0.4 is 5.73 Å². The number of hydrogen-bond acceptors (Lipinski definition) is 8. The van der Waals surface area contributed by atoms with Crippen LogP contribution in [0.25, 0.3) is 11.5 Å². The van der Waals surface area contributed by atoms with Gasteiger partial charge in [-0.15, -0.1) is 0 Å². The molecular formula is C26H33N5O4. The fraction of sp³-hybridized carbons (Fsp3) is 0.462. The third kappa shape index (κ3) is 4.60. The number of anilines is 1. The number of carbonyl (C=O) groups excluding carboxylic acids is 1. The molecule has 3 N–H and O–H groups in total. The number of aromatic nitrogens is 3. The van der Waals surface area contributed by atoms with Gasteiger partial charge in [0.05, 0.1) is 5.56 Å². The smallest absolute Gasteiger partial charge is 0.410 e. The maximum Gasteiger partial charge on any atom is 0.410 e. The molecule has 1 amide bonds. The van der Waals surface area contributed by atoms with Crippen molar-refractivity contribution < 1.29 is 19.2 Å². The van der Waals surface area contributed by atoms with Crippen LogP contribution in [0.4, 0.5) is 10.7 Å². The molecule has 0 spiro atoms. The number of amides is 1. The van der Waals surface area contributed by atoms with Crippen LogP contribution in [0, 0.1) is 5.41 Å². The van der Waals surface area contributed by atoms with E-state index >= 15 is 0 Å². The number of ether oxygens (including phenoxy) is 1.